The summed E-state index contributed by atoms with van der Waals surface area (Å²) in [6.45, 7) is 9.65. The van der Waals surface area contributed by atoms with Gasteiger partial charge in [-0.05, 0) is 91.8 Å². The summed E-state index contributed by atoms with van der Waals surface area (Å²) in [6.07, 6.45) is 11.7. The molecule has 0 saturated heterocycles. The number of ketones is 1. The van der Waals surface area contributed by atoms with E-state index in [0.29, 0.717) is 35.4 Å². The molecule has 170 valence electrons. The molecule has 3 heteroatoms. The summed E-state index contributed by atoms with van der Waals surface area (Å²) in [5, 5.41) is 19.5. The number of carbonyl (C=O) groups excluding carboxylic acids is 1. The maximum Gasteiger partial charge on any atom is 0.159 e. The van der Waals surface area contributed by atoms with E-state index in [9.17, 15) is 15.0 Å². The van der Waals surface area contributed by atoms with Gasteiger partial charge in [0.15, 0.2) is 5.78 Å². The first kappa shape index (κ1) is 22.5. The highest BCUT2D eigenvalue weighted by atomic mass is 16.3. The standard InChI is InChI=1S/C27H44O3/c1-17(16-28)6-5-7-18(2)23-15-24(30)25-21-9-8-19-14-20(29)10-12-26(19,3)22(21)11-13-27(23,25)4/h17-20,22-23,28-29H,5-16H2,1-4H3/t17?,18-,19+,20?,22+,23-,26+,27-/m1/s1. The van der Waals surface area contributed by atoms with Crippen molar-refractivity contribution >= 4 is 5.78 Å². The van der Waals surface area contributed by atoms with Gasteiger partial charge in [0.05, 0.1) is 6.10 Å². The molecule has 4 aliphatic carbocycles. The zero-order valence-corrected chi connectivity index (χ0v) is 19.8. The Bertz CT molecular complexity index is 696. The number of carbonyl (C=O) groups is 1. The molecule has 0 spiro atoms. The summed E-state index contributed by atoms with van der Waals surface area (Å²) in [5.74, 6) is 3.08. The Hall–Kier alpha value is -0.670. The smallest absolute Gasteiger partial charge is 0.159 e. The summed E-state index contributed by atoms with van der Waals surface area (Å²) < 4.78 is 0. The van der Waals surface area contributed by atoms with Crippen LogP contribution in [0.5, 0.6) is 0 Å². The van der Waals surface area contributed by atoms with E-state index < -0.39 is 0 Å². The number of aliphatic hydroxyl groups is 2. The molecule has 30 heavy (non-hydrogen) atoms. The lowest BCUT2D eigenvalue weighted by atomic mass is 9.48. The van der Waals surface area contributed by atoms with Gasteiger partial charge in [-0.2, -0.15) is 0 Å². The molecule has 0 amide bonds. The highest BCUT2D eigenvalue weighted by Gasteiger charge is 2.57. The van der Waals surface area contributed by atoms with Crippen molar-refractivity contribution < 1.29 is 15.0 Å². The number of aliphatic hydroxyl groups excluding tert-OH is 2. The second kappa shape index (κ2) is 8.35. The zero-order chi connectivity index (χ0) is 21.7. The van der Waals surface area contributed by atoms with E-state index in [4.69, 9.17) is 0 Å². The Kier molecular flexibility index (Phi) is 6.27. The third-order valence-corrected chi connectivity index (χ3v) is 10.2. The van der Waals surface area contributed by atoms with Crippen LogP contribution in [0.2, 0.25) is 0 Å². The predicted octanol–water partition coefficient (Wildman–Crippen LogP) is 5.68. The molecule has 4 rings (SSSR count). The second-order valence-corrected chi connectivity index (χ2v) is 12.0. The van der Waals surface area contributed by atoms with E-state index >= 15 is 0 Å². The molecule has 0 radical (unpaired) electrons. The molecule has 0 bridgehead atoms. The topological polar surface area (TPSA) is 57.5 Å². The van der Waals surface area contributed by atoms with Crippen LogP contribution < -0.4 is 0 Å². The fourth-order valence-electron chi connectivity index (χ4n) is 8.25. The Balaban J connectivity index is 1.56. The highest BCUT2D eigenvalue weighted by Crippen LogP contribution is 2.65. The van der Waals surface area contributed by atoms with Crippen LogP contribution in [-0.2, 0) is 4.79 Å². The Morgan fingerprint density at radius 1 is 1.10 bits per heavy atom. The first-order valence-electron chi connectivity index (χ1n) is 12.8. The number of hydrogen-bond donors (Lipinski definition) is 2. The van der Waals surface area contributed by atoms with Gasteiger partial charge in [0.2, 0.25) is 0 Å². The van der Waals surface area contributed by atoms with Crippen molar-refractivity contribution in [2.45, 2.75) is 104 Å². The minimum absolute atomic E-state index is 0.0717. The van der Waals surface area contributed by atoms with Gasteiger partial charge in [0.25, 0.3) is 0 Å². The van der Waals surface area contributed by atoms with Gasteiger partial charge >= 0.3 is 0 Å². The van der Waals surface area contributed by atoms with Crippen LogP contribution in [0, 0.1) is 40.4 Å². The van der Waals surface area contributed by atoms with Crippen molar-refractivity contribution in [1.29, 1.82) is 0 Å². The molecule has 4 aliphatic rings. The van der Waals surface area contributed by atoms with Crippen LogP contribution >= 0.6 is 0 Å². The van der Waals surface area contributed by atoms with Crippen molar-refractivity contribution in [3.8, 4) is 0 Å². The molecule has 0 aromatic heterocycles. The summed E-state index contributed by atoms with van der Waals surface area (Å²) in [6, 6.07) is 0. The average molecular weight is 417 g/mol. The lowest BCUT2D eigenvalue weighted by molar-refractivity contribution is -0.115. The van der Waals surface area contributed by atoms with Crippen LogP contribution in [0.25, 0.3) is 0 Å². The molecule has 0 heterocycles. The van der Waals surface area contributed by atoms with Gasteiger partial charge in [-0.3, -0.25) is 4.79 Å². The molecule has 2 unspecified atom stereocenters. The first-order chi connectivity index (χ1) is 14.2. The minimum atomic E-state index is -0.113. The molecule has 8 atom stereocenters. The van der Waals surface area contributed by atoms with Crippen LogP contribution in [-0.4, -0.2) is 28.7 Å². The van der Waals surface area contributed by atoms with Gasteiger partial charge in [-0.1, -0.05) is 46.1 Å². The van der Waals surface area contributed by atoms with Gasteiger partial charge in [0.1, 0.15) is 0 Å². The van der Waals surface area contributed by atoms with Crippen molar-refractivity contribution in [3.05, 3.63) is 11.1 Å². The third kappa shape index (κ3) is 3.62. The lowest BCUT2D eigenvalue weighted by Gasteiger charge is -2.56. The molecule has 0 aliphatic heterocycles. The number of hydrogen-bond acceptors (Lipinski definition) is 3. The number of allylic oxidation sites excluding steroid dienone is 2. The van der Waals surface area contributed by atoms with Crippen molar-refractivity contribution in [1.82, 2.24) is 0 Å². The normalized spacial score (nSPS) is 43.1. The van der Waals surface area contributed by atoms with Gasteiger partial charge in [-0.25, -0.2) is 0 Å². The second-order valence-electron chi connectivity index (χ2n) is 12.0. The largest absolute Gasteiger partial charge is 0.396 e. The first-order valence-corrected chi connectivity index (χ1v) is 12.8. The molecule has 3 fully saturated rings. The van der Waals surface area contributed by atoms with E-state index in [1.54, 1.807) is 0 Å². The number of rotatable bonds is 6. The van der Waals surface area contributed by atoms with Crippen molar-refractivity contribution in [3.63, 3.8) is 0 Å². The Labute approximate surface area is 183 Å². The van der Waals surface area contributed by atoms with E-state index in [1.165, 1.54) is 24.0 Å². The monoisotopic (exact) mass is 416 g/mol. The minimum Gasteiger partial charge on any atom is -0.396 e. The van der Waals surface area contributed by atoms with Crippen LogP contribution in [0.3, 0.4) is 0 Å². The predicted molar refractivity (Wildman–Crippen MR) is 121 cm³/mol. The van der Waals surface area contributed by atoms with Gasteiger partial charge in [-0.15, -0.1) is 0 Å². The van der Waals surface area contributed by atoms with E-state index in [-0.39, 0.29) is 23.5 Å². The Morgan fingerprint density at radius 3 is 2.60 bits per heavy atom. The van der Waals surface area contributed by atoms with Crippen LogP contribution in [0.4, 0.5) is 0 Å². The maximum atomic E-state index is 13.4. The van der Waals surface area contributed by atoms with E-state index in [2.05, 4.69) is 27.7 Å². The summed E-state index contributed by atoms with van der Waals surface area (Å²) in [5.41, 5.74) is 3.14. The van der Waals surface area contributed by atoms with Gasteiger partial charge in [0, 0.05) is 18.6 Å². The fourth-order valence-corrected chi connectivity index (χ4v) is 8.25. The van der Waals surface area contributed by atoms with Gasteiger partial charge < -0.3 is 10.2 Å². The number of Topliss-reactive ketones (excluding diaryl/α,β-unsaturated/α-hetero) is 1. The molecule has 3 nitrogen and oxygen atoms in total. The summed E-state index contributed by atoms with van der Waals surface area (Å²) in [4.78, 5) is 13.4. The van der Waals surface area contributed by atoms with E-state index in [1.807, 2.05) is 0 Å². The number of fused-ring (bicyclic) bond motifs is 4. The lowest BCUT2D eigenvalue weighted by Crippen LogP contribution is -2.48. The molecule has 2 N–H and O–H groups in total. The molecule has 3 saturated carbocycles. The third-order valence-electron chi connectivity index (χ3n) is 10.2. The van der Waals surface area contributed by atoms with Crippen molar-refractivity contribution in [2.24, 2.45) is 40.4 Å². The summed E-state index contributed by atoms with van der Waals surface area (Å²) >= 11 is 0. The molecular formula is C27H44O3. The van der Waals surface area contributed by atoms with Crippen LogP contribution in [0.1, 0.15) is 98.3 Å². The molecule has 0 aromatic rings. The van der Waals surface area contributed by atoms with Crippen molar-refractivity contribution in [2.75, 3.05) is 6.61 Å². The highest BCUT2D eigenvalue weighted by molar-refractivity contribution is 6.00. The maximum absolute atomic E-state index is 13.4. The SMILES string of the molecule is CC(CO)CCC[C@@H](C)[C@H]1CC(=O)C2=C3CC[C@H]4CC(O)CC[C@]4(C)[C@H]3CC[C@@]21C. The zero-order valence-electron chi connectivity index (χ0n) is 19.8. The van der Waals surface area contributed by atoms with E-state index in [0.717, 1.165) is 57.8 Å². The quantitative estimate of drug-likeness (QED) is 0.585. The average Bonchev–Trinajstić information content (AvgIpc) is 2.99. The Morgan fingerprint density at radius 2 is 1.87 bits per heavy atom. The summed E-state index contributed by atoms with van der Waals surface area (Å²) in [7, 11) is 0. The fraction of sp³-hybridized carbons (Fsp3) is 0.889. The van der Waals surface area contributed by atoms with Crippen LogP contribution in [0.15, 0.2) is 11.1 Å². The molecular weight excluding hydrogens is 372 g/mol. The molecule has 0 aromatic carbocycles.